The van der Waals surface area contributed by atoms with Gasteiger partial charge in [-0.05, 0) is 84.7 Å². The zero-order valence-corrected chi connectivity index (χ0v) is 32.3. The number of esters is 1. The molecule has 0 amide bonds. The van der Waals surface area contributed by atoms with Crippen molar-refractivity contribution in [2.24, 2.45) is 0 Å². The van der Waals surface area contributed by atoms with Crippen molar-refractivity contribution in [3.8, 4) is 0 Å². The van der Waals surface area contributed by atoms with Crippen LogP contribution in [0, 0.1) is 13.8 Å². The summed E-state index contributed by atoms with van der Waals surface area (Å²) in [6.45, 7) is 7.98. The van der Waals surface area contributed by atoms with Crippen molar-refractivity contribution in [1.29, 1.82) is 0 Å². The fourth-order valence-electron chi connectivity index (χ4n) is 6.48. The van der Waals surface area contributed by atoms with E-state index in [9.17, 15) is 13.2 Å². The predicted molar refractivity (Wildman–Crippen MR) is 207 cm³/mol. The normalized spacial score (nSPS) is 14.7. The van der Waals surface area contributed by atoms with Gasteiger partial charge in [0, 0.05) is 43.3 Å². The van der Waals surface area contributed by atoms with E-state index in [1.54, 1.807) is 13.0 Å². The number of halogens is 1. The molecule has 2 heterocycles. The first kappa shape index (κ1) is 39.0. The molecule has 6 rings (SSSR count). The zero-order valence-electron chi connectivity index (χ0n) is 30.7. The van der Waals surface area contributed by atoms with Gasteiger partial charge < -0.3 is 18.4 Å². The Hall–Kier alpha value is -4.75. The summed E-state index contributed by atoms with van der Waals surface area (Å²) < 4.78 is 51.9. The lowest BCUT2D eigenvalue weighted by Crippen LogP contribution is -2.36. The molecule has 54 heavy (non-hydrogen) atoms. The van der Waals surface area contributed by atoms with E-state index < -0.39 is 16.2 Å². The third-order valence-electron chi connectivity index (χ3n) is 9.47. The molecule has 284 valence electrons. The molecule has 0 saturated heterocycles. The second kappa shape index (κ2) is 18.1. The number of carbonyl (C=O) groups excluding carboxylic acids is 1. The van der Waals surface area contributed by atoms with Crippen LogP contribution in [-0.2, 0) is 59.8 Å². The Morgan fingerprint density at radius 1 is 0.944 bits per heavy atom. The first-order valence-electron chi connectivity index (χ1n) is 18.1. The van der Waals surface area contributed by atoms with E-state index in [0.29, 0.717) is 30.3 Å². The molecule has 13 heteroatoms. The molecule has 1 atom stereocenters. The van der Waals surface area contributed by atoms with Crippen LogP contribution in [0.15, 0.2) is 97.0 Å². The summed E-state index contributed by atoms with van der Waals surface area (Å²) in [5.41, 5.74) is 7.59. The number of nitrogens with zero attached hydrogens (tertiary/aromatic N) is 4. The molecule has 1 aromatic heterocycles. The van der Waals surface area contributed by atoms with Crippen LogP contribution < -0.4 is 0 Å². The summed E-state index contributed by atoms with van der Waals surface area (Å²) in [6.07, 6.45) is 3.40. The molecule has 11 nitrogen and oxygen atoms in total. The molecule has 0 bridgehead atoms. The topological polar surface area (TPSA) is 122 Å². The van der Waals surface area contributed by atoms with Crippen LogP contribution in [0.4, 0.5) is 0 Å². The summed E-state index contributed by atoms with van der Waals surface area (Å²) in [5.74, 6) is -0.883. The molecular formula is C41H45ClN4O7S. The maximum Gasteiger partial charge on any atom is 0.388 e. The Bertz CT molecular complexity index is 2190. The Labute approximate surface area is 321 Å². The highest BCUT2D eigenvalue weighted by Crippen LogP contribution is 2.37. The predicted octanol–water partition coefficient (Wildman–Crippen LogP) is 7.92. The van der Waals surface area contributed by atoms with Gasteiger partial charge in [0.1, 0.15) is 12.1 Å². The summed E-state index contributed by atoms with van der Waals surface area (Å²) >= 11 is 6.83. The van der Waals surface area contributed by atoms with E-state index >= 15 is 0 Å². The lowest BCUT2D eigenvalue weighted by Gasteiger charge is -2.27. The van der Waals surface area contributed by atoms with E-state index in [-0.39, 0.29) is 44.6 Å². The van der Waals surface area contributed by atoms with Crippen LogP contribution in [0.3, 0.4) is 0 Å². The van der Waals surface area contributed by atoms with Gasteiger partial charge in [-0.25, -0.2) is 4.68 Å². The maximum absolute atomic E-state index is 13.3. The minimum absolute atomic E-state index is 0.0000427. The number of unbranched alkanes of at least 4 members (excludes halogenated alkanes) is 1. The second-order valence-electron chi connectivity index (χ2n) is 13.2. The van der Waals surface area contributed by atoms with Crippen molar-refractivity contribution >= 4 is 38.9 Å². The van der Waals surface area contributed by atoms with Crippen LogP contribution in [-0.4, -0.2) is 53.4 Å². The highest BCUT2D eigenvalue weighted by atomic mass is 35.5. The van der Waals surface area contributed by atoms with Crippen LogP contribution in [0.5, 0.6) is 0 Å². The van der Waals surface area contributed by atoms with Crippen molar-refractivity contribution in [3.05, 3.63) is 141 Å². The fourth-order valence-corrected chi connectivity index (χ4v) is 7.71. The molecule has 1 aliphatic rings. The van der Waals surface area contributed by atoms with Crippen LogP contribution in [0.1, 0.15) is 71.0 Å². The molecule has 5 aromatic rings. The van der Waals surface area contributed by atoms with Crippen LogP contribution in [0.25, 0.3) is 11.0 Å². The molecule has 0 saturated carbocycles. The summed E-state index contributed by atoms with van der Waals surface area (Å²) in [6, 6.07) is 27.3. The van der Waals surface area contributed by atoms with Gasteiger partial charge in [0.05, 0.1) is 25.2 Å². The Balaban J connectivity index is 1.19. The Morgan fingerprint density at radius 3 is 2.37 bits per heavy atom. The summed E-state index contributed by atoms with van der Waals surface area (Å²) in [5, 5.41) is 9.45. The average Bonchev–Trinajstić information content (AvgIpc) is 3.58. The number of hydrogen-bond donors (Lipinski definition) is 0. The third-order valence-corrected chi connectivity index (χ3v) is 11.1. The molecule has 0 radical (unpaired) electrons. The fraction of sp³-hybridized carbons (Fsp3) is 0.341. The highest BCUT2D eigenvalue weighted by Gasteiger charge is 2.31. The maximum atomic E-state index is 13.3. The number of hydrogen-bond acceptors (Lipinski definition) is 9. The van der Waals surface area contributed by atoms with Gasteiger partial charge in [0.2, 0.25) is 0 Å². The van der Waals surface area contributed by atoms with Gasteiger partial charge in [0.25, 0.3) is 5.95 Å². The van der Waals surface area contributed by atoms with Gasteiger partial charge in [-0.15, -0.1) is 5.10 Å². The first-order chi connectivity index (χ1) is 26.1. The quantitative estimate of drug-likeness (QED) is 0.0686. The number of aromatic nitrogens is 3. The van der Waals surface area contributed by atoms with Crippen molar-refractivity contribution in [3.63, 3.8) is 0 Å². The molecule has 0 N–H and O–H groups in total. The number of rotatable bonds is 17. The monoisotopic (exact) mass is 772 g/mol. The minimum atomic E-state index is -4.17. The Kier molecular flexibility index (Phi) is 13.0. The van der Waals surface area contributed by atoms with Gasteiger partial charge in [-0.2, -0.15) is 12.7 Å². The lowest BCUT2D eigenvalue weighted by atomic mass is 9.84. The molecule has 1 aliphatic heterocycles. The molecule has 4 aromatic carbocycles. The highest BCUT2D eigenvalue weighted by molar-refractivity contribution is 7.84. The van der Waals surface area contributed by atoms with E-state index in [1.165, 1.54) is 4.31 Å². The van der Waals surface area contributed by atoms with E-state index in [2.05, 4.69) is 22.4 Å². The first-order valence-corrected chi connectivity index (χ1v) is 19.8. The van der Waals surface area contributed by atoms with Crippen molar-refractivity contribution in [2.75, 3.05) is 19.8 Å². The number of aryl methyl sites for hydroxylation is 2. The van der Waals surface area contributed by atoms with Gasteiger partial charge >= 0.3 is 16.3 Å². The summed E-state index contributed by atoms with van der Waals surface area (Å²) in [7, 11) is -4.17. The summed E-state index contributed by atoms with van der Waals surface area (Å²) in [4.78, 5) is 13.0. The van der Waals surface area contributed by atoms with E-state index in [0.717, 1.165) is 57.3 Å². The van der Waals surface area contributed by atoms with Crippen LogP contribution in [0.2, 0.25) is 5.02 Å². The number of carbonyl (C=O) groups is 1. The molecule has 0 spiro atoms. The second-order valence-corrected chi connectivity index (χ2v) is 15.1. The van der Waals surface area contributed by atoms with E-state index in [4.69, 9.17) is 30.0 Å². The lowest BCUT2D eigenvalue weighted by molar-refractivity contribution is -0.143. The standard InChI is InChI=1S/C41H45ClN4O7S/c1-4-51-39(47)25-36(35-17-18-38-41(30(35)3)43-44-46(38)20-11-12-22-50-27-31-13-7-5-8-14-31)33-23-34(29(2)37(42)24-33)26-45-21-19-40(53-54(45,48)49)52-28-32-15-9-6-10-16-32/h5-10,13-19,23-24,36H,4,11-12,20-22,25-28H2,1-3H3. The van der Waals surface area contributed by atoms with Crippen molar-refractivity contribution < 1.29 is 31.6 Å². The largest absolute Gasteiger partial charge is 0.466 e. The number of benzene rings is 4. The van der Waals surface area contributed by atoms with E-state index in [1.807, 2.05) is 91.3 Å². The van der Waals surface area contributed by atoms with Gasteiger partial charge in [0.15, 0.2) is 0 Å². The molecular weight excluding hydrogens is 728 g/mol. The minimum Gasteiger partial charge on any atom is -0.466 e. The van der Waals surface area contributed by atoms with Crippen molar-refractivity contribution in [2.45, 2.75) is 72.3 Å². The van der Waals surface area contributed by atoms with Crippen LogP contribution >= 0.6 is 11.6 Å². The SMILES string of the molecule is CCOC(=O)CC(c1cc(Cl)c(C)c(CN2CC=C(OCc3ccccc3)OS2(=O)=O)c1)c1ccc2c(nnn2CCCCOCc2ccccc2)c1C. The average molecular weight is 773 g/mol. The number of fused-ring (bicyclic) bond motifs is 1. The number of ether oxygens (including phenoxy) is 3. The van der Waals surface area contributed by atoms with Crippen molar-refractivity contribution in [1.82, 2.24) is 19.3 Å². The Morgan fingerprint density at radius 2 is 1.67 bits per heavy atom. The molecule has 1 unspecified atom stereocenters. The van der Waals surface area contributed by atoms with Gasteiger partial charge in [-0.1, -0.05) is 89.6 Å². The molecule has 0 aliphatic carbocycles. The smallest absolute Gasteiger partial charge is 0.388 e. The third kappa shape index (κ3) is 9.67. The van der Waals surface area contributed by atoms with Gasteiger partial charge in [-0.3, -0.25) is 4.79 Å². The molecule has 0 fully saturated rings. The zero-order chi connectivity index (χ0) is 38.1.